The van der Waals surface area contributed by atoms with Gasteiger partial charge in [0.2, 0.25) is 35.4 Å². The number of piperazine rings is 3. The monoisotopic (exact) mass is 1090 g/mol. The van der Waals surface area contributed by atoms with Gasteiger partial charge in [-0.3, -0.25) is 48.3 Å². The number of carboxylic acids is 1. The fourth-order valence-corrected chi connectivity index (χ4v) is 13.3. The van der Waals surface area contributed by atoms with Crippen molar-refractivity contribution in [3.63, 3.8) is 0 Å². The van der Waals surface area contributed by atoms with Crippen LogP contribution in [0.15, 0.2) is 72.8 Å². The summed E-state index contributed by atoms with van der Waals surface area (Å²) in [5.41, 5.74) is 7.80. The summed E-state index contributed by atoms with van der Waals surface area (Å²) < 4.78 is 40.1. The molecule has 0 radical (unpaired) electrons. The molecule has 11 rings (SSSR count). The van der Waals surface area contributed by atoms with E-state index in [0.717, 1.165) is 61.8 Å². The Labute approximate surface area is 458 Å². The smallest absolute Gasteiger partial charge is 0.307 e. The number of primary amides is 1. The molecule has 3 aromatic rings. The fourth-order valence-electron chi connectivity index (χ4n) is 13.3. The van der Waals surface area contributed by atoms with Crippen LogP contribution in [0.25, 0.3) is 0 Å². The number of hydrogen-bond donors (Lipinski definition) is 2. The molecule has 3 unspecified atom stereocenters. The maximum atomic E-state index is 13.4. The van der Waals surface area contributed by atoms with Gasteiger partial charge >= 0.3 is 5.97 Å². The number of carbonyl (C=O) groups excluding carboxylic acids is 6. The van der Waals surface area contributed by atoms with Crippen LogP contribution in [0, 0.1) is 46.5 Å². The number of aliphatic carboxylic acids is 1. The third-order valence-corrected chi connectivity index (χ3v) is 17.2. The number of hydrogen-bond acceptors (Lipinski definition) is 11. The minimum absolute atomic E-state index is 0.0101. The number of likely N-dealkylation sites (tertiary alicyclic amines) is 8. The SMILES string of the molecule is CC(CN1C[C@@H]2C[C@H]1C(=O)N2Cc1cccc(F)c1)C(=O)N1CCC[C@H]1C#N.CC(CN1C[C@@H]2C[C@H]1C(=O)N2Cc1cccc(F)c1)C(=O)N1CCC[C@H]1C(N)=O.CC(CN1C[C@@H]2C[C@H]1C(=O)N2Cc1cccc(F)c1)C(=O)O. The highest BCUT2D eigenvalue weighted by molar-refractivity contribution is 5.89. The zero-order valence-electron chi connectivity index (χ0n) is 45.0. The van der Waals surface area contributed by atoms with E-state index in [1.54, 1.807) is 39.8 Å². The van der Waals surface area contributed by atoms with Crippen molar-refractivity contribution in [3.05, 3.63) is 107 Å². The van der Waals surface area contributed by atoms with Crippen LogP contribution in [-0.4, -0.2) is 186 Å². The Morgan fingerprint density at radius 1 is 0.595 bits per heavy atom. The van der Waals surface area contributed by atoms with E-state index in [1.807, 2.05) is 46.7 Å². The Bertz CT molecular complexity index is 2860. The Morgan fingerprint density at radius 2 is 0.962 bits per heavy atom. The van der Waals surface area contributed by atoms with E-state index in [1.165, 1.54) is 36.4 Å². The van der Waals surface area contributed by atoms with Gasteiger partial charge in [-0.15, -0.1) is 0 Å². The normalized spacial score (nSPS) is 27.3. The number of nitrogens with zero attached hydrogens (tertiary/aromatic N) is 9. The van der Waals surface area contributed by atoms with Crippen LogP contribution < -0.4 is 5.73 Å². The summed E-state index contributed by atoms with van der Waals surface area (Å²) in [5, 5.41) is 18.2. The third-order valence-electron chi connectivity index (χ3n) is 17.2. The van der Waals surface area contributed by atoms with E-state index in [-0.39, 0.29) is 101 Å². The maximum absolute atomic E-state index is 13.4. The first kappa shape index (κ1) is 56.8. The van der Waals surface area contributed by atoms with E-state index in [2.05, 4.69) is 15.9 Å². The van der Waals surface area contributed by atoms with Crippen LogP contribution in [0.3, 0.4) is 0 Å². The molecule has 6 amide bonds. The van der Waals surface area contributed by atoms with Crippen molar-refractivity contribution in [1.82, 2.24) is 39.2 Å². The molecule has 0 spiro atoms. The Morgan fingerprint density at radius 3 is 1.32 bits per heavy atom. The first-order valence-corrected chi connectivity index (χ1v) is 27.7. The maximum Gasteiger partial charge on any atom is 0.307 e. The van der Waals surface area contributed by atoms with Crippen LogP contribution in [0.4, 0.5) is 13.2 Å². The van der Waals surface area contributed by atoms with E-state index < -0.39 is 23.8 Å². The summed E-state index contributed by atoms with van der Waals surface area (Å²) in [6, 6.07) is 20.0. The second-order valence-electron chi connectivity index (χ2n) is 22.8. The first-order valence-electron chi connectivity index (χ1n) is 27.7. The number of carbonyl (C=O) groups is 7. The number of nitrogens with two attached hydrogens (primary N) is 1. The van der Waals surface area contributed by atoms with Gasteiger partial charge in [0, 0.05) is 102 Å². The molecule has 18 nitrogen and oxygen atoms in total. The molecule has 8 fully saturated rings. The first-order chi connectivity index (χ1) is 37.8. The van der Waals surface area contributed by atoms with Gasteiger partial charge < -0.3 is 35.3 Å². The van der Waals surface area contributed by atoms with Gasteiger partial charge in [-0.05, 0) is 98.0 Å². The van der Waals surface area contributed by atoms with Gasteiger partial charge in [0.1, 0.15) is 29.5 Å². The number of halogens is 3. The molecule has 8 aliphatic heterocycles. The zero-order chi connectivity index (χ0) is 56.4. The Hall–Kier alpha value is -6.89. The summed E-state index contributed by atoms with van der Waals surface area (Å²) in [6.45, 7) is 11.4. The largest absolute Gasteiger partial charge is 0.481 e. The number of nitriles is 1. The minimum Gasteiger partial charge on any atom is -0.481 e. The Kier molecular flexibility index (Phi) is 17.4. The summed E-state index contributed by atoms with van der Waals surface area (Å²) in [6.07, 6.45) is 5.27. The van der Waals surface area contributed by atoms with Gasteiger partial charge in [0.05, 0.1) is 30.1 Å². The number of amides is 6. The molecule has 0 aliphatic carbocycles. The molecular weight excluding hydrogens is 1020 g/mol. The molecule has 79 heavy (non-hydrogen) atoms. The van der Waals surface area contributed by atoms with Crippen LogP contribution in [0.5, 0.6) is 0 Å². The van der Waals surface area contributed by atoms with Crippen molar-refractivity contribution >= 4 is 41.4 Å². The molecule has 8 heterocycles. The van der Waals surface area contributed by atoms with E-state index >= 15 is 0 Å². The quantitative estimate of drug-likeness (QED) is 0.210. The van der Waals surface area contributed by atoms with Crippen molar-refractivity contribution in [3.8, 4) is 6.07 Å². The average Bonchev–Trinajstić information content (AvgIpc) is 4.51. The summed E-state index contributed by atoms with van der Waals surface area (Å²) >= 11 is 0. The third kappa shape index (κ3) is 12.5. The lowest BCUT2D eigenvalue weighted by Gasteiger charge is -2.35. The molecular formula is C58H71F3N10O8. The van der Waals surface area contributed by atoms with Gasteiger partial charge in [0.25, 0.3) is 0 Å². The second kappa shape index (κ2) is 24.2. The van der Waals surface area contributed by atoms with E-state index in [9.17, 15) is 52.0 Å². The number of fused-ring (bicyclic) bond motifs is 6. The lowest BCUT2D eigenvalue weighted by molar-refractivity contribution is -0.144. The highest BCUT2D eigenvalue weighted by Crippen LogP contribution is 2.37. The predicted octanol–water partition coefficient (Wildman–Crippen LogP) is 3.82. The standard InChI is InChI=1S/C21H27FN4O3.C21H25FN4O2.C16H19FN2O3/c1-13(20(28)25-7-3-6-17(25)19(23)27)10-24-12-16-9-18(24)21(29)26(16)11-14-4-2-5-15(22)8-14;1-14(20(27)25-7-3-6-17(25)10-23)11-24-13-18-9-19(24)21(28)26(18)12-15-4-2-5-16(22)8-15;1-10(16(21)22)7-18-9-13-6-14(18)15(20)19(13)8-11-3-2-4-12(17)5-11/h2,4-5,8,13,16-18H,3,6-7,9-12H2,1H3,(H2,23,27);2,4-5,8,14,17-19H,3,6-7,9,11-13H2,1H3;2-5,10,13-14H,6-9H2,1H3,(H,21,22)/t13?,16-,17-,18-;14?,17-,18-,19-;10?,13-,14-/m000/s1. The van der Waals surface area contributed by atoms with Crippen LogP contribution in [0.2, 0.25) is 0 Å². The lowest BCUT2D eigenvalue weighted by Crippen LogP contribution is -2.53. The number of carboxylic acid groups (broad SMARTS) is 1. The zero-order valence-corrected chi connectivity index (χ0v) is 45.0. The van der Waals surface area contributed by atoms with Gasteiger partial charge in [-0.25, -0.2) is 13.2 Å². The molecule has 3 aromatic carbocycles. The highest BCUT2D eigenvalue weighted by Gasteiger charge is 2.52. The number of rotatable bonds is 16. The van der Waals surface area contributed by atoms with Crippen LogP contribution in [-0.2, 0) is 53.2 Å². The molecule has 11 atom stereocenters. The average molecular weight is 1090 g/mol. The summed E-state index contributed by atoms with van der Waals surface area (Å²) in [4.78, 5) is 101. The number of benzene rings is 3. The van der Waals surface area contributed by atoms with Crippen molar-refractivity contribution in [1.29, 1.82) is 5.26 Å². The molecule has 8 saturated heterocycles. The highest BCUT2D eigenvalue weighted by atomic mass is 19.1. The molecule has 6 bridgehead atoms. The van der Waals surface area contributed by atoms with Crippen molar-refractivity contribution in [2.45, 2.75) is 134 Å². The van der Waals surface area contributed by atoms with Crippen molar-refractivity contribution in [2.24, 2.45) is 23.5 Å². The lowest BCUT2D eigenvalue weighted by atomic mass is 10.1. The summed E-state index contributed by atoms with van der Waals surface area (Å²) in [5.74, 6) is -3.14. The molecule has 21 heteroatoms. The molecule has 0 saturated carbocycles. The minimum atomic E-state index is -0.841. The van der Waals surface area contributed by atoms with E-state index in [4.69, 9.17) is 10.8 Å². The summed E-state index contributed by atoms with van der Waals surface area (Å²) in [7, 11) is 0. The van der Waals surface area contributed by atoms with Crippen LogP contribution >= 0.6 is 0 Å². The van der Waals surface area contributed by atoms with Crippen molar-refractivity contribution in [2.75, 3.05) is 52.4 Å². The second-order valence-corrected chi connectivity index (χ2v) is 22.8. The molecule has 3 N–H and O–H groups in total. The van der Waals surface area contributed by atoms with Gasteiger partial charge in [-0.1, -0.05) is 57.2 Å². The van der Waals surface area contributed by atoms with Gasteiger partial charge in [-0.2, -0.15) is 5.26 Å². The predicted molar refractivity (Wildman–Crippen MR) is 282 cm³/mol. The van der Waals surface area contributed by atoms with Crippen molar-refractivity contribution < 1.29 is 51.8 Å². The Balaban J connectivity index is 0.000000145. The molecule has 8 aliphatic rings. The fraction of sp³-hybridized carbons (Fsp3) is 0.552. The molecule has 0 aromatic heterocycles. The van der Waals surface area contributed by atoms with Gasteiger partial charge in [0.15, 0.2) is 0 Å². The van der Waals surface area contributed by atoms with Crippen LogP contribution in [0.1, 0.15) is 82.4 Å². The topological polar surface area (TPSA) is 215 Å². The molecule has 422 valence electrons. The van der Waals surface area contributed by atoms with E-state index in [0.29, 0.717) is 71.9 Å².